The van der Waals surface area contributed by atoms with Crippen LogP contribution in [0.5, 0.6) is 0 Å². The molecule has 1 saturated heterocycles. The summed E-state index contributed by atoms with van der Waals surface area (Å²) in [6.07, 6.45) is 4.72. The summed E-state index contributed by atoms with van der Waals surface area (Å²) in [7, 11) is 1.42. The van der Waals surface area contributed by atoms with Gasteiger partial charge in [0.1, 0.15) is 0 Å². The van der Waals surface area contributed by atoms with E-state index < -0.39 is 0 Å². The van der Waals surface area contributed by atoms with E-state index in [1.165, 1.54) is 14.0 Å². The van der Waals surface area contributed by atoms with Crippen molar-refractivity contribution >= 4 is 40.9 Å². The van der Waals surface area contributed by atoms with Crippen LogP contribution in [0.4, 0.5) is 4.79 Å². The number of hydrogen-bond acceptors (Lipinski definition) is 5. The monoisotopic (exact) mass is 526 g/mol. The van der Waals surface area contributed by atoms with Gasteiger partial charge in [-0.15, -0.1) is 0 Å². The molecule has 3 N–H and O–H groups in total. The van der Waals surface area contributed by atoms with Crippen LogP contribution in [-0.2, 0) is 9.53 Å². The van der Waals surface area contributed by atoms with Crippen LogP contribution in [0, 0.1) is 0 Å². The Morgan fingerprint density at radius 2 is 1.77 bits per heavy atom. The van der Waals surface area contributed by atoms with Gasteiger partial charge in [0.05, 0.1) is 17.8 Å². The third kappa shape index (κ3) is 13.8. The van der Waals surface area contributed by atoms with E-state index in [4.69, 9.17) is 28.9 Å². The van der Waals surface area contributed by atoms with Crippen LogP contribution in [-0.4, -0.2) is 42.8 Å². The lowest BCUT2D eigenvalue weighted by molar-refractivity contribution is -0.118. The van der Waals surface area contributed by atoms with Gasteiger partial charge < -0.3 is 20.7 Å². The number of likely N-dealkylation sites (tertiary alicyclic amines) is 1. The Labute approximate surface area is 220 Å². The molecule has 1 aliphatic rings. The minimum atomic E-state index is -0.187. The standard InChI is InChI=1S/C15H20Cl2N2.C6H11NO2.C5H9NO/c1-4-6-15(19-14(5-2)10(3)18)12-8-7-11(16)9-13(12)17;1-9-6(8)7-4-2-3-5-7;1-4(2)6-5(3)7/h7-9H,4-6,18H2,1-3H3;2-5H2,1H3;1H2,2-3H3,(H,6,7)/b14-10+,19-15?;;. The molecule has 1 aliphatic heterocycles. The number of allylic oxidation sites excluding steroid dienone is 3. The molecular weight excluding hydrogens is 487 g/mol. The maximum atomic E-state index is 10.7. The minimum Gasteiger partial charge on any atom is -0.453 e. The normalized spacial score (nSPS) is 13.5. The third-order valence-corrected chi connectivity index (χ3v) is 5.26. The first-order valence-corrected chi connectivity index (χ1v) is 12.5. The van der Waals surface area contributed by atoms with E-state index in [0.29, 0.717) is 15.7 Å². The number of hydrogen-bond donors (Lipinski definition) is 2. The van der Waals surface area contributed by atoms with E-state index in [1.807, 2.05) is 26.0 Å². The van der Waals surface area contributed by atoms with Crippen molar-refractivity contribution < 1.29 is 14.3 Å². The molecule has 7 nitrogen and oxygen atoms in total. The average molecular weight is 528 g/mol. The van der Waals surface area contributed by atoms with Crippen molar-refractivity contribution in [3.63, 3.8) is 0 Å². The summed E-state index contributed by atoms with van der Waals surface area (Å²) in [6, 6.07) is 5.49. The van der Waals surface area contributed by atoms with Crippen LogP contribution < -0.4 is 11.1 Å². The van der Waals surface area contributed by atoms with E-state index in [1.54, 1.807) is 17.9 Å². The number of aliphatic imine (C=N–C) groups is 1. The maximum absolute atomic E-state index is 10.7. The van der Waals surface area contributed by atoms with Crippen molar-refractivity contribution in [1.29, 1.82) is 0 Å². The number of nitrogens with one attached hydrogen (secondary N) is 1. The summed E-state index contributed by atoms with van der Waals surface area (Å²) < 4.78 is 4.52. The number of methoxy groups -OCH3 is 1. The van der Waals surface area contributed by atoms with Crippen LogP contribution in [0.15, 0.2) is 46.9 Å². The quantitative estimate of drug-likeness (QED) is 0.403. The lowest BCUT2D eigenvalue weighted by Gasteiger charge is -2.11. The van der Waals surface area contributed by atoms with Crippen molar-refractivity contribution in [2.75, 3.05) is 20.2 Å². The largest absolute Gasteiger partial charge is 0.453 e. The highest BCUT2D eigenvalue weighted by atomic mass is 35.5. The molecule has 0 unspecified atom stereocenters. The lowest BCUT2D eigenvalue weighted by atomic mass is 10.1. The van der Waals surface area contributed by atoms with Gasteiger partial charge in [-0.2, -0.15) is 0 Å². The predicted octanol–water partition coefficient (Wildman–Crippen LogP) is 6.69. The molecule has 0 saturated carbocycles. The SMILES string of the molecule is C=C(C)NC(C)=O.CCCC(=N/C(CC)=C(\C)N)c1ccc(Cl)cc1Cl.COC(=O)N1CCCC1. The van der Waals surface area contributed by atoms with Gasteiger partial charge in [-0.05, 0) is 51.7 Å². The van der Waals surface area contributed by atoms with E-state index in [2.05, 4.69) is 28.5 Å². The maximum Gasteiger partial charge on any atom is 0.409 e. The molecule has 9 heteroatoms. The van der Waals surface area contributed by atoms with Crippen LogP contribution in [0.3, 0.4) is 0 Å². The Kier molecular flexibility index (Phi) is 16.6. The zero-order valence-corrected chi connectivity index (χ0v) is 23.4. The van der Waals surface area contributed by atoms with Crippen molar-refractivity contribution in [1.82, 2.24) is 10.2 Å². The number of rotatable bonds is 6. The number of carbonyl (C=O) groups excluding carboxylic acids is 2. The zero-order chi connectivity index (χ0) is 27.0. The van der Waals surface area contributed by atoms with Gasteiger partial charge in [0, 0.05) is 47.7 Å². The summed E-state index contributed by atoms with van der Waals surface area (Å²) in [5, 5.41) is 3.73. The number of carbonyl (C=O) groups is 2. The van der Waals surface area contributed by atoms with Gasteiger partial charge in [0.25, 0.3) is 0 Å². The fraction of sp³-hybridized carbons (Fsp3) is 0.500. The first-order chi connectivity index (χ1) is 16.5. The molecule has 1 fully saturated rings. The number of amides is 2. The first kappa shape index (κ1) is 32.5. The highest BCUT2D eigenvalue weighted by Crippen LogP contribution is 2.24. The summed E-state index contributed by atoms with van der Waals surface area (Å²) in [5.41, 5.74) is 10.1. The number of nitrogens with two attached hydrogens (primary N) is 1. The molecule has 0 atom stereocenters. The highest BCUT2D eigenvalue weighted by molar-refractivity contribution is 6.37. The average Bonchev–Trinajstić information content (AvgIpc) is 3.31. The van der Waals surface area contributed by atoms with E-state index in [9.17, 15) is 9.59 Å². The van der Waals surface area contributed by atoms with Crippen molar-refractivity contribution in [2.24, 2.45) is 10.7 Å². The van der Waals surface area contributed by atoms with E-state index >= 15 is 0 Å². The van der Waals surface area contributed by atoms with Crippen LogP contribution in [0.2, 0.25) is 10.0 Å². The summed E-state index contributed by atoms with van der Waals surface area (Å²) in [5.74, 6) is -0.0625. The van der Waals surface area contributed by atoms with Gasteiger partial charge in [0.15, 0.2) is 0 Å². The Balaban J connectivity index is 0.000000594. The van der Waals surface area contributed by atoms with Gasteiger partial charge in [0.2, 0.25) is 5.91 Å². The summed E-state index contributed by atoms with van der Waals surface area (Å²) in [4.78, 5) is 27.2. The molecule has 0 radical (unpaired) electrons. The molecule has 1 aromatic carbocycles. The second-order valence-electron chi connectivity index (χ2n) is 8.04. The molecule has 0 aliphatic carbocycles. The second-order valence-corrected chi connectivity index (χ2v) is 8.89. The van der Waals surface area contributed by atoms with Gasteiger partial charge >= 0.3 is 6.09 Å². The highest BCUT2D eigenvalue weighted by Gasteiger charge is 2.17. The molecule has 35 heavy (non-hydrogen) atoms. The van der Waals surface area contributed by atoms with Crippen molar-refractivity contribution in [3.8, 4) is 0 Å². The third-order valence-electron chi connectivity index (χ3n) is 4.72. The van der Waals surface area contributed by atoms with Crippen molar-refractivity contribution in [3.05, 3.63) is 57.5 Å². The second kappa shape index (κ2) is 17.9. The molecule has 1 aromatic rings. The van der Waals surface area contributed by atoms with Crippen LogP contribution >= 0.6 is 23.2 Å². The van der Waals surface area contributed by atoms with Gasteiger partial charge in [-0.3, -0.25) is 9.79 Å². The number of nitrogens with zero attached hydrogens (tertiary/aromatic N) is 2. The number of ether oxygens (including phenoxy) is 1. The molecule has 0 bridgehead atoms. The smallest absolute Gasteiger partial charge is 0.409 e. The molecule has 0 aromatic heterocycles. The van der Waals surface area contributed by atoms with Crippen LogP contribution in [0.25, 0.3) is 0 Å². The first-order valence-electron chi connectivity index (χ1n) is 11.7. The van der Waals surface area contributed by atoms with Crippen LogP contribution in [0.1, 0.15) is 72.3 Å². The summed E-state index contributed by atoms with van der Waals surface area (Å²) >= 11 is 12.2. The predicted molar refractivity (Wildman–Crippen MR) is 147 cm³/mol. The zero-order valence-electron chi connectivity index (χ0n) is 21.8. The molecule has 0 spiro atoms. The number of benzene rings is 1. The Hall–Kier alpha value is -2.51. The molecule has 1 heterocycles. The van der Waals surface area contributed by atoms with Gasteiger partial charge in [-0.1, -0.05) is 56.1 Å². The number of halogens is 2. The Morgan fingerprint density at radius 1 is 1.17 bits per heavy atom. The van der Waals surface area contributed by atoms with E-state index in [-0.39, 0.29) is 12.0 Å². The molecule has 196 valence electrons. The minimum absolute atomic E-state index is 0.0625. The topological polar surface area (TPSA) is 97.0 Å². The Bertz CT molecular complexity index is 892. The molecular formula is C26H40Cl2N4O3. The van der Waals surface area contributed by atoms with Gasteiger partial charge in [-0.25, -0.2) is 4.79 Å². The Morgan fingerprint density at radius 3 is 2.14 bits per heavy atom. The van der Waals surface area contributed by atoms with E-state index in [0.717, 1.165) is 67.9 Å². The molecule has 2 rings (SSSR count). The fourth-order valence-corrected chi connectivity index (χ4v) is 3.67. The van der Waals surface area contributed by atoms with Crippen molar-refractivity contribution in [2.45, 2.75) is 66.7 Å². The summed E-state index contributed by atoms with van der Waals surface area (Å²) in [6.45, 7) is 14.4. The lowest BCUT2D eigenvalue weighted by Crippen LogP contribution is -2.27. The molecule has 2 amide bonds. The fourth-order valence-electron chi connectivity index (χ4n) is 3.15.